The second kappa shape index (κ2) is 6.58. The van der Waals surface area contributed by atoms with Crippen molar-refractivity contribution in [2.24, 2.45) is 0 Å². The maximum atomic E-state index is 13.4. The van der Waals surface area contributed by atoms with Crippen molar-refractivity contribution in [1.82, 2.24) is 15.2 Å². The van der Waals surface area contributed by atoms with E-state index >= 15 is 0 Å². The van der Waals surface area contributed by atoms with Crippen LogP contribution in [-0.2, 0) is 6.42 Å². The van der Waals surface area contributed by atoms with Crippen molar-refractivity contribution < 1.29 is 4.39 Å². The number of nitrogens with zero attached hydrogens (tertiary/aromatic N) is 2. The van der Waals surface area contributed by atoms with Gasteiger partial charge >= 0.3 is 0 Å². The molecular formula is C21H14FN3. The zero-order valence-corrected chi connectivity index (χ0v) is 13.3. The van der Waals surface area contributed by atoms with Crippen molar-refractivity contribution in [3.8, 4) is 11.8 Å². The van der Waals surface area contributed by atoms with Crippen molar-refractivity contribution in [1.29, 1.82) is 0 Å². The molecule has 4 rings (SSSR count). The molecule has 0 radical (unpaired) electrons. The Balaban J connectivity index is 1.67. The van der Waals surface area contributed by atoms with E-state index in [0.717, 1.165) is 27.7 Å². The zero-order valence-electron chi connectivity index (χ0n) is 13.3. The first kappa shape index (κ1) is 15.1. The normalized spacial score (nSPS) is 10.4. The highest BCUT2D eigenvalue weighted by Crippen LogP contribution is 2.19. The molecule has 2 aromatic heterocycles. The number of rotatable bonds is 2. The van der Waals surface area contributed by atoms with Gasteiger partial charge in [0.1, 0.15) is 17.2 Å². The minimum Gasteiger partial charge on any atom is -0.269 e. The van der Waals surface area contributed by atoms with Crippen LogP contribution in [-0.4, -0.2) is 15.2 Å². The summed E-state index contributed by atoms with van der Waals surface area (Å²) in [7, 11) is 0. The van der Waals surface area contributed by atoms with Crippen LogP contribution in [0, 0.1) is 17.7 Å². The Hall–Kier alpha value is -3.45. The van der Waals surface area contributed by atoms with Crippen molar-refractivity contribution in [3.63, 3.8) is 0 Å². The Bertz CT molecular complexity index is 1090. The molecule has 0 fully saturated rings. The summed E-state index contributed by atoms with van der Waals surface area (Å²) in [5, 5.41) is 8.21. The zero-order chi connectivity index (χ0) is 17.1. The first-order chi connectivity index (χ1) is 12.3. The molecule has 25 heavy (non-hydrogen) atoms. The van der Waals surface area contributed by atoms with Gasteiger partial charge in [-0.15, -0.1) is 0 Å². The van der Waals surface area contributed by atoms with Gasteiger partial charge in [0.15, 0.2) is 0 Å². The van der Waals surface area contributed by atoms with Crippen molar-refractivity contribution in [2.75, 3.05) is 0 Å². The first-order valence-electron chi connectivity index (χ1n) is 7.92. The summed E-state index contributed by atoms with van der Waals surface area (Å²) in [5.41, 5.74) is 4.33. The molecule has 0 unspecified atom stereocenters. The number of fused-ring (bicyclic) bond motifs is 1. The molecule has 2 aromatic carbocycles. The van der Waals surface area contributed by atoms with E-state index in [1.54, 1.807) is 18.3 Å². The quantitative estimate of drug-likeness (QED) is 0.564. The third-order valence-corrected chi connectivity index (χ3v) is 3.90. The fourth-order valence-electron chi connectivity index (χ4n) is 2.71. The van der Waals surface area contributed by atoms with E-state index in [4.69, 9.17) is 0 Å². The molecule has 2 heterocycles. The van der Waals surface area contributed by atoms with Gasteiger partial charge in [0.25, 0.3) is 0 Å². The Labute approximate surface area is 144 Å². The van der Waals surface area contributed by atoms with Crippen LogP contribution >= 0.6 is 0 Å². The minimum absolute atomic E-state index is 0.219. The number of aromatic amines is 1. The van der Waals surface area contributed by atoms with E-state index in [-0.39, 0.29) is 5.82 Å². The Morgan fingerprint density at radius 2 is 1.84 bits per heavy atom. The van der Waals surface area contributed by atoms with Gasteiger partial charge < -0.3 is 0 Å². The molecule has 1 N–H and O–H groups in total. The van der Waals surface area contributed by atoms with Crippen LogP contribution in [0.4, 0.5) is 4.39 Å². The van der Waals surface area contributed by atoms with Crippen LogP contribution in [0.5, 0.6) is 0 Å². The van der Waals surface area contributed by atoms with Crippen LogP contribution < -0.4 is 0 Å². The first-order valence-corrected chi connectivity index (χ1v) is 7.92. The lowest BCUT2D eigenvalue weighted by Gasteiger charge is -2.02. The van der Waals surface area contributed by atoms with Gasteiger partial charge in [-0.2, -0.15) is 5.10 Å². The number of nitrogens with one attached hydrogen (secondary N) is 1. The fraction of sp³-hybridized carbons (Fsp3) is 0.0476. The maximum Gasteiger partial charge on any atom is 0.123 e. The monoisotopic (exact) mass is 327 g/mol. The van der Waals surface area contributed by atoms with E-state index in [9.17, 15) is 4.39 Å². The lowest BCUT2D eigenvalue weighted by Crippen LogP contribution is -1.89. The smallest absolute Gasteiger partial charge is 0.123 e. The summed E-state index contributed by atoms with van der Waals surface area (Å²) in [5.74, 6) is 5.91. The highest BCUT2D eigenvalue weighted by Gasteiger charge is 2.05. The minimum atomic E-state index is -0.219. The molecule has 0 spiro atoms. The van der Waals surface area contributed by atoms with Crippen LogP contribution in [0.3, 0.4) is 0 Å². The van der Waals surface area contributed by atoms with Gasteiger partial charge in [-0.3, -0.25) is 5.10 Å². The van der Waals surface area contributed by atoms with Gasteiger partial charge in [0.2, 0.25) is 0 Å². The topological polar surface area (TPSA) is 41.6 Å². The summed E-state index contributed by atoms with van der Waals surface area (Å²) in [6.45, 7) is 0. The second-order valence-corrected chi connectivity index (χ2v) is 5.72. The predicted molar refractivity (Wildman–Crippen MR) is 95.5 cm³/mol. The van der Waals surface area contributed by atoms with Crippen LogP contribution in [0.2, 0.25) is 0 Å². The number of pyridine rings is 1. The average molecular weight is 327 g/mol. The lowest BCUT2D eigenvalue weighted by molar-refractivity contribution is 0.626. The van der Waals surface area contributed by atoms with Crippen LogP contribution in [0.25, 0.3) is 10.9 Å². The molecule has 0 amide bonds. The lowest BCUT2D eigenvalue weighted by atomic mass is 10.0. The SMILES string of the molecule is Fc1cccc(Cc2ccc3n[nH]c(C#Cc4ccccn4)c3c2)c1. The molecule has 0 aliphatic rings. The molecule has 0 saturated carbocycles. The third-order valence-electron chi connectivity index (χ3n) is 3.90. The van der Waals surface area contributed by atoms with Crippen molar-refractivity contribution in [3.05, 3.63) is 95.2 Å². The summed E-state index contributed by atoms with van der Waals surface area (Å²) >= 11 is 0. The standard InChI is InChI=1S/C21H14FN3/c22-17-5-3-4-15(13-17)12-16-7-9-20-19(14-16)21(25-24-20)10-8-18-6-1-2-11-23-18/h1-7,9,11,13-14H,12H2,(H,24,25). The summed E-state index contributed by atoms with van der Waals surface area (Å²) in [6, 6.07) is 18.3. The fourth-order valence-corrected chi connectivity index (χ4v) is 2.71. The summed E-state index contributed by atoms with van der Waals surface area (Å²) < 4.78 is 13.4. The molecule has 120 valence electrons. The number of aromatic nitrogens is 3. The number of halogens is 1. The van der Waals surface area contributed by atoms with Gasteiger partial charge in [0.05, 0.1) is 5.52 Å². The molecule has 4 aromatic rings. The molecule has 0 bridgehead atoms. The highest BCUT2D eigenvalue weighted by atomic mass is 19.1. The molecule has 0 aliphatic carbocycles. The number of benzene rings is 2. The average Bonchev–Trinajstić information content (AvgIpc) is 3.03. The Morgan fingerprint density at radius 3 is 2.68 bits per heavy atom. The second-order valence-electron chi connectivity index (χ2n) is 5.72. The van der Waals surface area contributed by atoms with Crippen LogP contribution in [0.15, 0.2) is 66.9 Å². The van der Waals surface area contributed by atoms with Gasteiger partial charge in [-0.25, -0.2) is 9.37 Å². The van der Waals surface area contributed by atoms with Gasteiger partial charge in [-0.05, 0) is 65.8 Å². The van der Waals surface area contributed by atoms with E-state index < -0.39 is 0 Å². The summed E-state index contributed by atoms with van der Waals surface area (Å²) in [6.07, 6.45) is 2.37. The molecular weight excluding hydrogens is 313 g/mol. The van der Waals surface area contributed by atoms with Crippen molar-refractivity contribution >= 4 is 10.9 Å². The van der Waals surface area contributed by atoms with E-state index in [1.165, 1.54) is 6.07 Å². The number of hydrogen-bond acceptors (Lipinski definition) is 2. The number of H-pyrrole nitrogens is 1. The van der Waals surface area contributed by atoms with Gasteiger partial charge in [-0.1, -0.05) is 24.3 Å². The Kier molecular flexibility index (Phi) is 3.97. The molecule has 3 nitrogen and oxygen atoms in total. The Morgan fingerprint density at radius 1 is 0.920 bits per heavy atom. The van der Waals surface area contributed by atoms with E-state index in [0.29, 0.717) is 12.1 Å². The maximum absolute atomic E-state index is 13.4. The molecule has 0 aliphatic heterocycles. The molecule has 4 heteroatoms. The van der Waals surface area contributed by atoms with Crippen molar-refractivity contribution in [2.45, 2.75) is 6.42 Å². The highest BCUT2D eigenvalue weighted by molar-refractivity contribution is 5.84. The molecule has 0 saturated heterocycles. The molecule has 0 atom stereocenters. The van der Waals surface area contributed by atoms with Crippen LogP contribution in [0.1, 0.15) is 22.5 Å². The van der Waals surface area contributed by atoms with E-state index in [2.05, 4.69) is 27.0 Å². The van der Waals surface area contributed by atoms with E-state index in [1.807, 2.05) is 42.5 Å². The number of hydrogen-bond donors (Lipinski definition) is 1. The third kappa shape index (κ3) is 3.41. The predicted octanol–water partition coefficient (Wildman–Crippen LogP) is 4.09. The van der Waals surface area contributed by atoms with Gasteiger partial charge in [0, 0.05) is 11.6 Å². The largest absolute Gasteiger partial charge is 0.269 e. The summed E-state index contributed by atoms with van der Waals surface area (Å²) in [4.78, 5) is 4.20.